The molecule has 1 amide bonds. The van der Waals surface area contributed by atoms with Gasteiger partial charge in [0.25, 0.3) is 0 Å². The number of carbonyl (C=O) groups excluding carboxylic acids is 1. The molecule has 0 aliphatic rings. The fourth-order valence-electron chi connectivity index (χ4n) is 1.56. The van der Waals surface area contributed by atoms with Gasteiger partial charge in [0.2, 0.25) is 6.29 Å². The normalized spacial score (nSPS) is 13.4. The van der Waals surface area contributed by atoms with Crippen LogP contribution in [0.25, 0.3) is 0 Å². The molecule has 0 bridgehead atoms. The highest BCUT2D eigenvalue weighted by Crippen LogP contribution is 2.07. The number of rotatable bonds is 12. The molecule has 6 heteroatoms. The van der Waals surface area contributed by atoms with Crippen molar-refractivity contribution in [2.75, 3.05) is 19.8 Å². The average Bonchev–Trinajstić information content (AvgIpc) is 2.41. The summed E-state index contributed by atoms with van der Waals surface area (Å²) in [6.45, 7) is 2.50. The second-order valence-corrected chi connectivity index (χ2v) is 4.38. The minimum Gasteiger partial charge on any atom is -0.417 e. The van der Waals surface area contributed by atoms with Crippen LogP contribution in [0.4, 0.5) is 4.79 Å². The van der Waals surface area contributed by atoms with Crippen molar-refractivity contribution in [1.29, 1.82) is 0 Å². The van der Waals surface area contributed by atoms with Gasteiger partial charge >= 0.3 is 6.09 Å². The highest BCUT2D eigenvalue weighted by molar-refractivity contribution is 5.64. The number of aliphatic hydroxyl groups excluding tert-OH is 1. The second-order valence-electron chi connectivity index (χ2n) is 4.38. The first-order chi connectivity index (χ1) is 9.61. The van der Waals surface area contributed by atoms with Gasteiger partial charge in [-0.25, -0.2) is 4.79 Å². The minimum atomic E-state index is -1.13. The Morgan fingerprint density at radius 2 is 2.05 bits per heavy atom. The zero-order valence-electron chi connectivity index (χ0n) is 12.0. The van der Waals surface area contributed by atoms with Crippen LogP contribution in [0.2, 0.25) is 0 Å². The lowest BCUT2D eigenvalue weighted by atomic mass is 10.2. The van der Waals surface area contributed by atoms with Crippen molar-refractivity contribution in [3.8, 4) is 12.3 Å². The molecule has 0 aromatic heterocycles. The lowest BCUT2D eigenvalue weighted by Crippen LogP contribution is -2.38. The zero-order valence-corrected chi connectivity index (χ0v) is 12.0. The van der Waals surface area contributed by atoms with E-state index in [1.165, 1.54) is 12.8 Å². The summed E-state index contributed by atoms with van der Waals surface area (Å²) in [4.78, 5) is 10.8. The first kappa shape index (κ1) is 18.7. The molecule has 116 valence electrons. The maximum atomic E-state index is 10.8. The summed E-state index contributed by atoms with van der Waals surface area (Å²) in [5, 5.41) is 9.77. The van der Waals surface area contributed by atoms with Gasteiger partial charge in [0.05, 0.1) is 13.2 Å². The SMILES string of the molecule is C#CCOCC(O)C(OCCCCCCC)OC(N)=O. The predicted octanol–water partition coefficient (Wildman–Crippen LogP) is 1.41. The predicted molar refractivity (Wildman–Crippen MR) is 74.8 cm³/mol. The van der Waals surface area contributed by atoms with Crippen LogP contribution in [0.5, 0.6) is 0 Å². The van der Waals surface area contributed by atoms with Gasteiger partial charge < -0.3 is 25.1 Å². The summed E-state index contributed by atoms with van der Waals surface area (Å²) in [6.07, 6.45) is 7.11. The summed E-state index contributed by atoms with van der Waals surface area (Å²) in [5.74, 6) is 2.27. The molecule has 0 aliphatic heterocycles. The highest BCUT2D eigenvalue weighted by Gasteiger charge is 2.23. The van der Waals surface area contributed by atoms with E-state index in [1.54, 1.807) is 0 Å². The van der Waals surface area contributed by atoms with E-state index in [9.17, 15) is 9.90 Å². The second kappa shape index (κ2) is 12.7. The molecule has 0 spiro atoms. The lowest BCUT2D eigenvalue weighted by molar-refractivity contribution is -0.174. The Morgan fingerprint density at radius 1 is 1.35 bits per heavy atom. The van der Waals surface area contributed by atoms with E-state index in [-0.39, 0.29) is 13.2 Å². The van der Waals surface area contributed by atoms with E-state index in [0.29, 0.717) is 6.61 Å². The molecule has 2 atom stereocenters. The standard InChI is InChI=1S/C14H25NO5/c1-3-5-6-7-8-10-19-13(20-14(15)17)12(16)11-18-9-4-2/h2,12-13,16H,3,5-11H2,1H3,(H2,15,17). The van der Waals surface area contributed by atoms with Crippen molar-refractivity contribution in [3.63, 3.8) is 0 Å². The quantitative estimate of drug-likeness (QED) is 0.322. The lowest BCUT2D eigenvalue weighted by Gasteiger charge is -2.22. The molecule has 0 saturated carbocycles. The molecule has 20 heavy (non-hydrogen) atoms. The molecular formula is C14H25NO5. The number of ether oxygens (including phenoxy) is 3. The Kier molecular flexibility index (Phi) is 11.9. The summed E-state index contributed by atoms with van der Waals surface area (Å²) < 4.78 is 15.0. The first-order valence-corrected chi connectivity index (χ1v) is 6.88. The first-order valence-electron chi connectivity index (χ1n) is 6.88. The summed E-state index contributed by atoms with van der Waals surface area (Å²) in [5.41, 5.74) is 4.93. The smallest absolute Gasteiger partial charge is 0.406 e. The number of hydrogen-bond acceptors (Lipinski definition) is 5. The number of terminal acetylenes is 1. The Balaban J connectivity index is 3.95. The van der Waals surface area contributed by atoms with E-state index in [0.717, 1.165) is 19.3 Å². The molecule has 0 aromatic carbocycles. The van der Waals surface area contributed by atoms with Gasteiger partial charge in [0, 0.05) is 0 Å². The van der Waals surface area contributed by atoms with Crippen molar-refractivity contribution in [1.82, 2.24) is 0 Å². The van der Waals surface area contributed by atoms with E-state index in [1.807, 2.05) is 0 Å². The number of aliphatic hydroxyl groups is 1. The topological polar surface area (TPSA) is 91.0 Å². The van der Waals surface area contributed by atoms with Gasteiger partial charge in [-0.05, 0) is 6.42 Å². The molecule has 0 fully saturated rings. The molecule has 0 rings (SSSR count). The highest BCUT2D eigenvalue weighted by atomic mass is 16.7. The van der Waals surface area contributed by atoms with Crippen LogP contribution in [0.15, 0.2) is 0 Å². The van der Waals surface area contributed by atoms with Gasteiger partial charge in [-0.2, -0.15) is 0 Å². The van der Waals surface area contributed by atoms with Gasteiger partial charge in [0.1, 0.15) is 12.7 Å². The maximum absolute atomic E-state index is 10.8. The van der Waals surface area contributed by atoms with Gasteiger partial charge in [0.15, 0.2) is 0 Å². The monoisotopic (exact) mass is 287 g/mol. The summed E-state index contributed by atoms with van der Waals surface area (Å²) >= 11 is 0. The van der Waals surface area contributed by atoms with E-state index in [4.69, 9.17) is 26.4 Å². The number of hydrogen-bond donors (Lipinski definition) is 2. The Bertz CT molecular complexity index is 290. The van der Waals surface area contributed by atoms with E-state index < -0.39 is 18.5 Å². The average molecular weight is 287 g/mol. The zero-order chi connectivity index (χ0) is 15.2. The van der Waals surface area contributed by atoms with Gasteiger partial charge in [-0.3, -0.25) is 0 Å². The molecule has 0 radical (unpaired) electrons. The fourth-order valence-corrected chi connectivity index (χ4v) is 1.56. The van der Waals surface area contributed by atoms with Crippen LogP contribution in [0.1, 0.15) is 39.0 Å². The van der Waals surface area contributed by atoms with Crippen LogP contribution < -0.4 is 5.73 Å². The number of unbranched alkanes of at least 4 members (excludes halogenated alkanes) is 4. The van der Waals surface area contributed by atoms with Crippen molar-refractivity contribution in [2.45, 2.75) is 51.4 Å². The fraction of sp³-hybridized carbons (Fsp3) is 0.786. The molecule has 0 aliphatic carbocycles. The maximum Gasteiger partial charge on any atom is 0.406 e. The van der Waals surface area contributed by atoms with Crippen molar-refractivity contribution in [2.24, 2.45) is 5.73 Å². The Labute approximate surface area is 120 Å². The van der Waals surface area contributed by atoms with Crippen LogP contribution >= 0.6 is 0 Å². The molecule has 0 aromatic rings. The van der Waals surface area contributed by atoms with E-state index in [2.05, 4.69) is 12.8 Å². The van der Waals surface area contributed by atoms with Crippen molar-refractivity contribution >= 4 is 6.09 Å². The van der Waals surface area contributed by atoms with Crippen LogP contribution in [-0.4, -0.2) is 43.4 Å². The van der Waals surface area contributed by atoms with E-state index >= 15 is 0 Å². The Morgan fingerprint density at radius 3 is 2.65 bits per heavy atom. The number of amides is 1. The molecular weight excluding hydrogens is 262 g/mol. The molecule has 6 nitrogen and oxygen atoms in total. The number of nitrogens with two attached hydrogens (primary N) is 1. The molecule has 0 heterocycles. The largest absolute Gasteiger partial charge is 0.417 e. The molecule has 2 unspecified atom stereocenters. The number of primary amides is 1. The Hall–Kier alpha value is -1.29. The summed E-state index contributed by atoms with van der Waals surface area (Å²) in [7, 11) is 0. The molecule has 0 saturated heterocycles. The van der Waals surface area contributed by atoms with Crippen molar-refractivity contribution < 1.29 is 24.1 Å². The molecule has 3 N–H and O–H groups in total. The van der Waals surface area contributed by atoms with Crippen molar-refractivity contribution in [3.05, 3.63) is 0 Å². The van der Waals surface area contributed by atoms with Crippen LogP contribution in [0.3, 0.4) is 0 Å². The van der Waals surface area contributed by atoms with Gasteiger partial charge in [-0.15, -0.1) is 6.42 Å². The van der Waals surface area contributed by atoms with Crippen LogP contribution in [-0.2, 0) is 14.2 Å². The van der Waals surface area contributed by atoms with Crippen LogP contribution in [0, 0.1) is 12.3 Å². The third kappa shape index (κ3) is 10.6. The number of carbonyl (C=O) groups is 1. The summed E-state index contributed by atoms with van der Waals surface area (Å²) in [6, 6.07) is 0. The minimum absolute atomic E-state index is 0.0668. The third-order valence-electron chi connectivity index (χ3n) is 2.55. The van der Waals surface area contributed by atoms with Gasteiger partial charge in [-0.1, -0.05) is 38.5 Å². The third-order valence-corrected chi connectivity index (χ3v) is 2.55.